The number of rotatable bonds is 2. The molecular formula is C33H44N+. The van der Waals surface area contributed by atoms with Crippen molar-refractivity contribution >= 4 is 10.8 Å². The van der Waals surface area contributed by atoms with Crippen molar-refractivity contribution in [2.75, 3.05) is 0 Å². The Morgan fingerprint density at radius 3 is 2.12 bits per heavy atom. The van der Waals surface area contributed by atoms with Crippen LogP contribution in [0.3, 0.4) is 0 Å². The Morgan fingerprint density at radius 1 is 0.824 bits per heavy atom. The number of fused-ring (bicyclic) bond motifs is 4. The van der Waals surface area contributed by atoms with E-state index < -0.39 is 0 Å². The molecule has 2 bridgehead atoms. The lowest BCUT2D eigenvalue weighted by Gasteiger charge is -2.42. The first kappa shape index (κ1) is 23.6. The fourth-order valence-electron chi connectivity index (χ4n) is 6.92. The Hall–Kier alpha value is -2.15. The molecule has 0 aliphatic heterocycles. The van der Waals surface area contributed by atoms with E-state index in [4.69, 9.17) is 0 Å². The van der Waals surface area contributed by atoms with Gasteiger partial charge in [-0.25, -0.2) is 4.57 Å². The van der Waals surface area contributed by atoms with Gasteiger partial charge in [0.25, 0.3) is 0 Å². The van der Waals surface area contributed by atoms with E-state index in [0.717, 1.165) is 17.8 Å². The molecule has 0 saturated heterocycles. The standard InChI is InChI=1S/C33H44N/c1-21-28(19-26(32(2,3)4)20-30(21)33(5,6)7)31-27-14-13-24(18-25(27)15-16-34(31)8)29-17-22-9-11-23(29)12-10-22/h13-16,18-20,22-23,29H,9-12,17H2,1-8H3/q+1. The minimum Gasteiger partial charge on any atom is -0.200 e. The molecule has 0 radical (unpaired) electrons. The average molecular weight is 455 g/mol. The molecule has 1 nitrogen and oxygen atoms in total. The zero-order valence-corrected chi connectivity index (χ0v) is 22.8. The molecule has 0 N–H and O–H groups in total. The highest BCUT2D eigenvalue weighted by atomic mass is 14.9. The molecule has 34 heavy (non-hydrogen) atoms. The molecule has 1 heteroatoms. The largest absolute Gasteiger partial charge is 0.220 e. The van der Waals surface area contributed by atoms with Crippen LogP contribution < -0.4 is 4.57 Å². The van der Waals surface area contributed by atoms with Crippen LogP contribution in [0.1, 0.15) is 102 Å². The summed E-state index contributed by atoms with van der Waals surface area (Å²) >= 11 is 0. The van der Waals surface area contributed by atoms with Crippen molar-refractivity contribution in [2.45, 2.75) is 97.3 Å². The summed E-state index contributed by atoms with van der Waals surface area (Å²) in [5.41, 5.74) is 8.83. The topological polar surface area (TPSA) is 3.88 Å². The molecule has 6 rings (SSSR count). The van der Waals surface area contributed by atoms with Gasteiger partial charge in [0, 0.05) is 6.07 Å². The highest BCUT2D eigenvalue weighted by Gasteiger charge is 2.36. The molecule has 3 fully saturated rings. The predicted molar refractivity (Wildman–Crippen MR) is 146 cm³/mol. The van der Waals surface area contributed by atoms with Gasteiger partial charge < -0.3 is 0 Å². The Morgan fingerprint density at radius 2 is 1.53 bits per heavy atom. The van der Waals surface area contributed by atoms with E-state index in [2.05, 4.69) is 103 Å². The first-order valence-corrected chi connectivity index (χ1v) is 13.5. The van der Waals surface area contributed by atoms with E-state index >= 15 is 0 Å². The Balaban J connectivity index is 1.69. The molecule has 1 unspecified atom stereocenters. The molecule has 3 aromatic rings. The SMILES string of the molecule is Cc1c(-c2c3ccc(C4CC5CCC4CC5)cc3cc[n+]2C)cc(C(C)(C)C)cc1C(C)(C)C. The molecule has 2 aromatic carbocycles. The van der Waals surface area contributed by atoms with Gasteiger partial charge in [0.1, 0.15) is 7.05 Å². The Kier molecular flexibility index (Phi) is 5.70. The van der Waals surface area contributed by atoms with Gasteiger partial charge in [-0.3, -0.25) is 0 Å². The first-order chi connectivity index (χ1) is 15.9. The second-order valence-electron chi connectivity index (χ2n) is 13.4. The number of hydrogen-bond donors (Lipinski definition) is 0. The van der Waals surface area contributed by atoms with Crippen LogP contribution in [0.4, 0.5) is 0 Å². The molecule has 3 aliphatic rings. The van der Waals surface area contributed by atoms with Crippen LogP contribution in [0.15, 0.2) is 42.6 Å². The molecule has 0 amide bonds. The highest BCUT2D eigenvalue weighted by Crippen LogP contribution is 2.50. The molecular weight excluding hydrogens is 410 g/mol. The lowest BCUT2D eigenvalue weighted by molar-refractivity contribution is -0.659. The molecule has 1 atom stereocenters. The van der Waals surface area contributed by atoms with Crippen molar-refractivity contribution in [3.05, 3.63) is 64.8 Å². The Bertz CT molecular complexity index is 1230. The third-order valence-electron chi connectivity index (χ3n) is 8.97. The van der Waals surface area contributed by atoms with E-state index in [1.165, 1.54) is 70.8 Å². The lowest BCUT2D eigenvalue weighted by Crippen LogP contribution is -2.31. The average Bonchev–Trinajstić information content (AvgIpc) is 2.78. The quantitative estimate of drug-likeness (QED) is 0.342. The Labute approximate surface area is 207 Å². The minimum absolute atomic E-state index is 0.108. The fraction of sp³-hybridized carbons (Fsp3) is 0.545. The molecule has 3 saturated carbocycles. The summed E-state index contributed by atoms with van der Waals surface area (Å²) < 4.78 is 2.34. The van der Waals surface area contributed by atoms with Crippen molar-refractivity contribution in [3.63, 3.8) is 0 Å². The van der Waals surface area contributed by atoms with E-state index in [1.807, 2.05) is 0 Å². The maximum Gasteiger partial charge on any atom is 0.220 e. The third-order valence-corrected chi connectivity index (χ3v) is 8.97. The number of nitrogens with zero attached hydrogens (tertiary/aromatic N) is 1. The van der Waals surface area contributed by atoms with Crippen LogP contribution >= 0.6 is 0 Å². The maximum atomic E-state index is 2.53. The van der Waals surface area contributed by atoms with Gasteiger partial charge in [0.05, 0.1) is 10.9 Å². The van der Waals surface area contributed by atoms with Crippen LogP contribution in [0.5, 0.6) is 0 Å². The number of aryl methyl sites for hydroxylation is 1. The summed E-state index contributed by atoms with van der Waals surface area (Å²) in [5, 5.41) is 2.77. The summed E-state index contributed by atoms with van der Waals surface area (Å²) in [6.07, 6.45) is 9.50. The zero-order chi connectivity index (χ0) is 24.4. The predicted octanol–water partition coefficient (Wildman–Crippen LogP) is 8.53. The van der Waals surface area contributed by atoms with Crippen LogP contribution in [0.25, 0.3) is 22.0 Å². The smallest absolute Gasteiger partial charge is 0.200 e. The summed E-state index contributed by atoms with van der Waals surface area (Å²) in [6, 6.07) is 14.7. The fourth-order valence-corrected chi connectivity index (χ4v) is 6.92. The van der Waals surface area contributed by atoms with E-state index in [1.54, 1.807) is 5.56 Å². The van der Waals surface area contributed by atoms with Crippen LogP contribution in [-0.4, -0.2) is 0 Å². The molecule has 1 aromatic heterocycles. The van der Waals surface area contributed by atoms with E-state index in [0.29, 0.717) is 0 Å². The summed E-state index contributed by atoms with van der Waals surface area (Å²) in [7, 11) is 2.21. The van der Waals surface area contributed by atoms with Gasteiger partial charge in [-0.1, -0.05) is 72.6 Å². The van der Waals surface area contributed by atoms with Crippen molar-refractivity contribution in [1.29, 1.82) is 0 Å². The molecule has 1 heterocycles. The molecule has 180 valence electrons. The normalized spacial score (nSPS) is 23.0. The van der Waals surface area contributed by atoms with Crippen LogP contribution in [0, 0.1) is 18.8 Å². The first-order valence-electron chi connectivity index (χ1n) is 13.5. The molecule has 3 aliphatic carbocycles. The number of pyridine rings is 1. The van der Waals surface area contributed by atoms with E-state index in [-0.39, 0.29) is 10.8 Å². The van der Waals surface area contributed by atoms with Crippen LogP contribution in [0.2, 0.25) is 0 Å². The maximum absolute atomic E-state index is 2.53. The second-order valence-corrected chi connectivity index (χ2v) is 13.4. The van der Waals surface area contributed by atoms with Crippen molar-refractivity contribution in [2.24, 2.45) is 18.9 Å². The van der Waals surface area contributed by atoms with Gasteiger partial charge in [-0.2, -0.15) is 0 Å². The minimum atomic E-state index is 0.108. The van der Waals surface area contributed by atoms with Crippen molar-refractivity contribution in [1.82, 2.24) is 0 Å². The summed E-state index contributed by atoms with van der Waals surface area (Å²) in [6.45, 7) is 16.4. The van der Waals surface area contributed by atoms with Crippen molar-refractivity contribution < 1.29 is 4.57 Å². The van der Waals surface area contributed by atoms with Gasteiger partial charge >= 0.3 is 0 Å². The summed E-state index contributed by atoms with van der Waals surface area (Å²) in [4.78, 5) is 0. The van der Waals surface area contributed by atoms with Crippen LogP contribution in [-0.2, 0) is 17.9 Å². The van der Waals surface area contributed by atoms with Crippen molar-refractivity contribution in [3.8, 4) is 11.3 Å². The van der Waals surface area contributed by atoms with Gasteiger partial charge in [0.15, 0.2) is 6.20 Å². The zero-order valence-electron chi connectivity index (χ0n) is 22.8. The van der Waals surface area contributed by atoms with Gasteiger partial charge in [-0.05, 0) is 94.5 Å². The summed E-state index contributed by atoms with van der Waals surface area (Å²) in [5.74, 6) is 2.64. The third kappa shape index (κ3) is 4.10. The second kappa shape index (κ2) is 8.21. The van der Waals surface area contributed by atoms with Gasteiger partial charge in [-0.15, -0.1) is 0 Å². The number of benzene rings is 2. The number of hydrogen-bond acceptors (Lipinski definition) is 0. The number of aromatic nitrogens is 1. The van der Waals surface area contributed by atoms with E-state index in [9.17, 15) is 0 Å². The van der Waals surface area contributed by atoms with Gasteiger partial charge in [0.2, 0.25) is 5.69 Å². The lowest BCUT2D eigenvalue weighted by atomic mass is 9.63. The highest BCUT2D eigenvalue weighted by molar-refractivity contribution is 5.94. The monoisotopic (exact) mass is 454 g/mol. The molecule has 0 spiro atoms.